The predicted octanol–water partition coefficient (Wildman–Crippen LogP) is 3.50. The van der Waals surface area contributed by atoms with Crippen molar-refractivity contribution in [2.45, 2.75) is 15.6 Å². The van der Waals surface area contributed by atoms with Gasteiger partial charge in [-0.3, -0.25) is 0 Å². The Kier molecular flexibility index (Phi) is 3.41. The zero-order chi connectivity index (χ0) is 10.7. The molecule has 15 heavy (non-hydrogen) atoms. The summed E-state index contributed by atoms with van der Waals surface area (Å²) < 4.78 is 14.6. The smallest absolute Gasteiger partial charge is 0.137 e. The largest absolute Gasteiger partial charge is 0.326 e. The van der Waals surface area contributed by atoms with Crippen LogP contribution in [0.25, 0.3) is 0 Å². The van der Waals surface area contributed by atoms with Crippen LogP contribution in [0, 0.1) is 5.82 Å². The molecule has 1 heterocycles. The average Bonchev–Trinajstić information content (AvgIpc) is 2.74. The average molecular weight is 239 g/mol. The third-order valence-electron chi connectivity index (χ3n) is 1.97. The van der Waals surface area contributed by atoms with E-state index in [9.17, 15) is 4.39 Å². The lowest BCUT2D eigenvalue weighted by atomic mass is 10.2. The molecule has 0 aliphatic heterocycles. The third kappa shape index (κ3) is 2.40. The second kappa shape index (κ2) is 4.79. The van der Waals surface area contributed by atoms with Crippen molar-refractivity contribution < 1.29 is 4.39 Å². The molecule has 0 fully saturated rings. The highest BCUT2D eigenvalue weighted by atomic mass is 32.2. The molecule has 0 aliphatic rings. The summed E-state index contributed by atoms with van der Waals surface area (Å²) in [6.07, 6.45) is 0. The molecule has 0 spiro atoms. The van der Waals surface area contributed by atoms with E-state index in [1.165, 1.54) is 17.8 Å². The van der Waals surface area contributed by atoms with Crippen LogP contribution in [0.1, 0.15) is 5.56 Å². The molecule has 0 saturated heterocycles. The minimum atomic E-state index is -0.198. The highest BCUT2D eigenvalue weighted by Crippen LogP contribution is 2.35. The van der Waals surface area contributed by atoms with Crippen LogP contribution >= 0.6 is 23.1 Å². The van der Waals surface area contributed by atoms with Crippen molar-refractivity contribution in [1.82, 2.24) is 0 Å². The number of benzene rings is 1. The van der Waals surface area contributed by atoms with Crippen LogP contribution < -0.4 is 5.73 Å². The van der Waals surface area contributed by atoms with Gasteiger partial charge >= 0.3 is 0 Å². The molecule has 0 unspecified atom stereocenters. The Labute approximate surface area is 96.1 Å². The summed E-state index contributed by atoms with van der Waals surface area (Å²) in [4.78, 5) is 0.641. The first-order chi connectivity index (χ1) is 7.31. The Balaban J connectivity index is 2.34. The van der Waals surface area contributed by atoms with Crippen LogP contribution in [0.2, 0.25) is 0 Å². The summed E-state index contributed by atoms with van der Waals surface area (Å²) in [5.74, 6) is -0.198. The van der Waals surface area contributed by atoms with Crippen LogP contribution in [0.5, 0.6) is 0 Å². The van der Waals surface area contributed by atoms with Gasteiger partial charge in [-0.15, -0.1) is 11.3 Å². The van der Waals surface area contributed by atoms with Crippen LogP contribution in [0.3, 0.4) is 0 Å². The van der Waals surface area contributed by atoms with E-state index < -0.39 is 0 Å². The first kappa shape index (κ1) is 10.7. The molecule has 78 valence electrons. The number of hydrogen-bond donors (Lipinski definition) is 1. The Morgan fingerprint density at radius 1 is 1.27 bits per heavy atom. The zero-order valence-corrected chi connectivity index (χ0v) is 9.58. The van der Waals surface area contributed by atoms with E-state index >= 15 is 0 Å². The Bertz CT molecular complexity index is 440. The molecule has 0 atom stereocenters. The van der Waals surface area contributed by atoms with Gasteiger partial charge in [-0.25, -0.2) is 4.39 Å². The molecular formula is C11H10FNS2. The summed E-state index contributed by atoms with van der Waals surface area (Å²) >= 11 is 3.04. The number of halogens is 1. The van der Waals surface area contributed by atoms with Gasteiger partial charge in [0.15, 0.2) is 0 Å². The summed E-state index contributed by atoms with van der Waals surface area (Å²) in [5, 5.41) is 1.98. The van der Waals surface area contributed by atoms with E-state index in [4.69, 9.17) is 5.73 Å². The summed E-state index contributed by atoms with van der Waals surface area (Å²) in [7, 11) is 0. The van der Waals surface area contributed by atoms with Crippen molar-refractivity contribution in [2.75, 3.05) is 0 Å². The topological polar surface area (TPSA) is 26.0 Å². The lowest BCUT2D eigenvalue weighted by molar-refractivity contribution is 0.597. The first-order valence-electron chi connectivity index (χ1n) is 4.50. The molecule has 1 aromatic carbocycles. The van der Waals surface area contributed by atoms with Gasteiger partial charge < -0.3 is 5.73 Å². The molecular weight excluding hydrogens is 229 g/mol. The molecule has 0 saturated carbocycles. The Morgan fingerprint density at radius 2 is 2.13 bits per heavy atom. The van der Waals surface area contributed by atoms with Crippen molar-refractivity contribution >= 4 is 23.1 Å². The highest BCUT2D eigenvalue weighted by molar-refractivity contribution is 8.01. The second-order valence-electron chi connectivity index (χ2n) is 2.97. The molecule has 1 nitrogen and oxygen atoms in total. The summed E-state index contributed by atoms with van der Waals surface area (Å²) in [6, 6.07) is 8.95. The Hall–Kier alpha value is -0.840. The summed E-state index contributed by atoms with van der Waals surface area (Å²) in [5.41, 5.74) is 6.43. The maximum Gasteiger partial charge on any atom is 0.137 e. The van der Waals surface area contributed by atoms with Gasteiger partial charge in [0, 0.05) is 6.54 Å². The van der Waals surface area contributed by atoms with Crippen LogP contribution in [-0.2, 0) is 6.54 Å². The second-order valence-corrected chi connectivity index (χ2v) is 5.22. The quantitative estimate of drug-likeness (QED) is 0.887. The molecule has 2 N–H and O–H groups in total. The van der Waals surface area contributed by atoms with E-state index in [0.29, 0.717) is 11.4 Å². The van der Waals surface area contributed by atoms with Gasteiger partial charge in [-0.2, -0.15) is 0 Å². The number of thiophene rings is 1. The van der Waals surface area contributed by atoms with Crippen molar-refractivity contribution in [2.24, 2.45) is 5.73 Å². The van der Waals surface area contributed by atoms with Crippen molar-refractivity contribution in [3.8, 4) is 0 Å². The van der Waals surface area contributed by atoms with Gasteiger partial charge in [0.1, 0.15) is 5.82 Å². The van der Waals surface area contributed by atoms with E-state index in [-0.39, 0.29) is 5.82 Å². The van der Waals surface area contributed by atoms with E-state index in [2.05, 4.69) is 0 Å². The molecule has 4 heteroatoms. The number of nitrogens with two attached hydrogens (primary N) is 1. The minimum absolute atomic E-state index is 0.198. The van der Waals surface area contributed by atoms with Gasteiger partial charge in [-0.1, -0.05) is 30.0 Å². The maximum absolute atomic E-state index is 13.6. The predicted molar refractivity (Wildman–Crippen MR) is 62.7 cm³/mol. The van der Waals surface area contributed by atoms with Gasteiger partial charge in [0.2, 0.25) is 0 Å². The lowest BCUT2D eigenvalue weighted by Crippen LogP contribution is -1.99. The number of rotatable bonds is 3. The molecule has 0 radical (unpaired) electrons. The maximum atomic E-state index is 13.6. The first-order valence-corrected chi connectivity index (χ1v) is 6.19. The SMILES string of the molecule is NCc1cccc(F)c1Sc1cccs1. The Morgan fingerprint density at radius 3 is 2.80 bits per heavy atom. The van der Waals surface area contributed by atoms with Crippen LogP contribution in [0.15, 0.2) is 44.8 Å². The third-order valence-corrected chi connectivity index (χ3v) is 4.17. The highest BCUT2D eigenvalue weighted by Gasteiger charge is 2.09. The number of hydrogen-bond acceptors (Lipinski definition) is 3. The molecule has 2 aromatic rings. The minimum Gasteiger partial charge on any atom is -0.326 e. The van der Waals surface area contributed by atoms with Gasteiger partial charge in [0.05, 0.1) is 9.10 Å². The standard InChI is InChI=1S/C11H10FNS2/c12-9-4-1-3-8(7-13)11(9)15-10-5-2-6-14-10/h1-6H,7,13H2. The van der Waals surface area contributed by atoms with Crippen LogP contribution in [-0.4, -0.2) is 0 Å². The monoisotopic (exact) mass is 239 g/mol. The zero-order valence-electron chi connectivity index (χ0n) is 7.94. The van der Waals surface area contributed by atoms with Gasteiger partial charge in [-0.05, 0) is 23.1 Å². The van der Waals surface area contributed by atoms with E-state index in [0.717, 1.165) is 9.77 Å². The van der Waals surface area contributed by atoms with Gasteiger partial charge in [0.25, 0.3) is 0 Å². The van der Waals surface area contributed by atoms with Crippen molar-refractivity contribution in [3.63, 3.8) is 0 Å². The normalized spacial score (nSPS) is 10.5. The van der Waals surface area contributed by atoms with E-state index in [1.807, 2.05) is 23.6 Å². The van der Waals surface area contributed by atoms with Crippen molar-refractivity contribution in [1.29, 1.82) is 0 Å². The lowest BCUT2D eigenvalue weighted by Gasteiger charge is -2.06. The van der Waals surface area contributed by atoms with E-state index in [1.54, 1.807) is 17.4 Å². The van der Waals surface area contributed by atoms with Crippen LogP contribution in [0.4, 0.5) is 4.39 Å². The summed E-state index contributed by atoms with van der Waals surface area (Å²) in [6.45, 7) is 0.367. The molecule has 1 aromatic heterocycles. The molecule has 0 bridgehead atoms. The molecule has 2 rings (SSSR count). The molecule has 0 amide bonds. The van der Waals surface area contributed by atoms with Crippen molar-refractivity contribution in [3.05, 3.63) is 47.1 Å². The fraction of sp³-hybridized carbons (Fsp3) is 0.0909. The molecule has 0 aliphatic carbocycles. The fourth-order valence-corrected chi connectivity index (χ4v) is 3.10. The fourth-order valence-electron chi connectivity index (χ4n) is 1.25.